The molecule has 0 aliphatic heterocycles. The van der Waals surface area contributed by atoms with Gasteiger partial charge in [-0.2, -0.15) is 5.10 Å². The predicted molar refractivity (Wildman–Crippen MR) is 111 cm³/mol. The van der Waals surface area contributed by atoms with Crippen molar-refractivity contribution in [1.29, 1.82) is 0 Å². The normalized spacial score (nSPS) is 10.8. The van der Waals surface area contributed by atoms with Crippen LogP contribution in [0.25, 0.3) is 22.4 Å². The van der Waals surface area contributed by atoms with E-state index in [0.29, 0.717) is 6.54 Å². The number of hydrogen-bond acceptors (Lipinski definition) is 3. The van der Waals surface area contributed by atoms with E-state index in [9.17, 15) is 4.39 Å². The minimum Gasteiger partial charge on any atom is -0.497 e. The molecule has 6 heteroatoms. The van der Waals surface area contributed by atoms with Crippen LogP contribution in [-0.2, 0) is 6.54 Å². The smallest absolute Gasteiger partial charge is 0.123 e. The summed E-state index contributed by atoms with van der Waals surface area (Å²) in [4.78, 5) is 4.10. The molecular formula is C22H17BrFN3O. The largest absolute Gasteiger partial charge is 0.497 e. The number of aromatic nitrogens is 3. The van der Waals surface area contributed by atoms with E-state index < -0.39 is 0 Å². The number of methoxy groups -OCH3 is 1. The lowest BCUT2D eigenvalue weighted by Gasteiger charge is -2.06. The minimum absolute atomic E-state index is 0.272. The molecule has 2 aromatic heterocycles. The summed E-state index contributed by atoms with van der Waals surface area (Å²) in [6.07, 6.45) is 3.49. The fourth-order valence-corrected chi connectivity index (χ4v) is 3.66. The maximum absolute atomic E-state index is 13.4. The molecule has 0 aliphatic rings. The van der Waals surface area contributed by atoms with Gasteiger partial charge in [0.05, 0.1) is 13.7 Å². The first-order valence-corrected chi connectivity index (χ1v) is 9.50. The van der Waals surface area contributed by atoms with Crippen LogP contribution in [0.1, 0.15) is 5.56 Å². The first-order valence-electron chi connectivity index (χ1n) is 8.71. The molecular weight excluding hydrogens is 421 g/mol. The molecule has 0 atom stereocenters. The molecule has 0 aliphatic carbocycles. The molecule has 0 spiro atoms. The summed E-state index contributed by atoms with van der Waals surface area (Å²) in [5.74, 6) is 0.540. The summed E-state index contributed by atoms with van der Waals surface area (Å²) in [7, 11) is 1.65. The van der Waals surface area contributed by atoms with Gasteiger partial charge in [0.1, 0.15) is 21.9 Å². The Bertz CT molecular complexity index is 1080. The number of pyridine rings is 1. The van der Waals surface area contributed by atoms with Crippen LogP contribution in [0.15, 0.2) is 77.7 Å². The summed E-state index contributed by atoms with van der Waals surface area (Å²) < 4.78 is 21.4. The Morgan fingerprint density at radius 3 is 2.25 bits per heavy atom. The van der Waals surface area contributed by atoms with E-state index in [2.05, 4.69) is 20.9 Å². The molecule has 28 heavy (non-hydrogen) atoms. The highest BCUT2D eigenvalue weighted by atomic mass is 79.9. The fourth-order valence-electron chi connectivity index (χ4n) is 3.03. The number of benzene rings is 2. The maximum Gasteiger partial charge on any atom is 0.123 e. The molecule has 0 N–H and O–H groups in total. The van der Waals surface area contributed by atoms with E-state index in [1.165, 1.54) is 12.1 Å². The second-order valence-corrected chi connectivity index (χ2v) is 7.01. The van der Waals surface area contributed by atoms with Crippen molar-refractivity contribution in [3.05, 3.63) is 89.0 Å². The third-order valence-corrected chi connectivity index (χ3v) is 5.27. The Morgan fingerprint density at radius 2 is 1.61 bits per heavy atom. The van der Waals surface area contributed by atoms with E-state index in [0.717, 1.165) is 38.3 Å². The second kappa shape index (κ2) is 7.94. The molecule has 0 unspecified atom stereocenters. The van der Waals surface area contributed by atoms with Gasteiger partial charge in [0.15, 0.2) is 0 Å². The lowest BCUT2D eigenvalue weighted by atomic mass is 10.0. The molecule has 0 bridgehead atoms. The van der Waals surface area contributed by atoms with E-state index in [1.807, 2.05) is 41.1 Å². The predicted octanol–water partition coefficient (Wildman–Crippen LogP) is 5.57. The van der Waals surface area contributed by atoms with Gasteiger partial charge in [-0.3, -0.25) is 9.67 Å². The Kier molecular flexibility index (Phi) is 5.21. The average molecular weight is 438 g/mol. The van der Waals surface area contributed by atoms with Crippen LogP contribution >= 0.6 is 15.9 Å². The Balaban J connectivity index is 1.80. The van der Waals surface area contributed by atoms with Gasteiger partial charge < -0.3 is 4.74 Å². The zero-order valence-electron chi connectivity index (χ0n) is 15.1. The molecule has 4 nitrogen and oxygen atoms in total. The van der Waals surface area contributed by atoms with Crippen LogP contribution in [0.3, 0.4) is 0 Å². The zero-order chi connectivity index (χ0) is 19.5. The summed E-state index contributed by atoms with van der Waals surface area (Å²) in [6, 6.07) is 18.1. The van der Waals surface area contributed by atoms with Gasteiger partial charge in [0.2, 0.25) is 0 Å². The molecule has 0 radical (unpaired) electrons. The Labute approximate surface area is 170 Å². The number of hydrogen-bond donors (Lipinski definition) is 0. The quantitative estimate of drug-likeness (QED) is 0.409. The molecule has 0 fully saturated rings. The molecule has 4 aromatic rings. The monoisotopic (exact) mass is 437 g/mol. The van der Waals surface area contributed by atoms with Gasteiger partial charge in [-0.05, 0) is 75.6 Å². The molecule has 2 heterocycles. The third kappa shape index (κ3) is 3.68. The molecule has 0 amide bonds. The van der Waals surface area contributed by atoms with Crippen LogP contribution < -0.4 is 4.74 Å². The molecule has 0 saturated heterocycles. The number of rotatable bonds is 5. The maximum atomic E-state index is 13.4. The van der Waals surface area contributed by atoms with Crippen LogP contribution in [0.4, 0.5) is 4.39 Å². The lowest BCUT2D eigenvalue weighted by Crippen LogP contribution is -2.02. The van der Waals surface area contributed by atoms with Crippen molar-refractivity contribution < 1.29 is 9.13 Å². The Hall–Kier alpha value is -2.99. The summed E-state index contributed by atoms with van der Waals surface area (Å²) in [6.45, 7) is 0.587. The van der Waals surface area contributed by atoms with Crippen molar-refractivity contribution >= 4 is 15.9 Å². The van der Waals surface area contributed by atoms with Crippen LogP contribution in [-0.4, -0.2) is 21.9 Å². The van der Waals surface area contributed by atoms with Crippen molar-refractivity contribution in [3.8, 4) is 28.1 Å². The first kappa shape index (κ1) is 18.4. The van der Waals surface area contributed by atoms with E-state index in [4.69, 9.17) is 9.84 Å². The van der Waals surface area contributed by atoms with Gasteiger partial charge in [0.25, 0.3) is 0 Å². The molecule has 2 aromatic carbocycles. The zero-order valence-corrected chi connectivity index (χ0v) is 16.7. The average Bonchev–Trinajstić information content (AvgIpc) is 3.06. The van der Waals surface area contributed by atoms with Crippen molar-refractivity contribution in [2.45, 2.75) is 6.54 Å². The van der Waals surface area contributed by atoms with E-state index in [-0.39, 0.29) is 5.82 Å². The molecule has 0 saturated carbocycles. The number of halogens is 2. The standard InChI is InChI=1S/C22H17BrFN3O/c1-28-19-8-2-15(3-9-19)14-27-22(23)20(16-10-12-25-13-11-16)21(26-27)17-4-6-18(24)7-5-17/h2-13H,14H2,1H3. The molecule has 4 rings (SSSR count). The van der Waals surface area contributed by atoms with Gasteiger partial charge in [0, 0.05) is 23.5 Å². The minimum atomic E-state index is -0.272. The van der Waals surface area contributed by atoms with Crippen molar-refractivity contribution in [1.82, 2.24) is 14.8 Å². The van der Waals surface area contributed by atoms with Gasteiger partial charge >= 0.3 is 0 Å². The highest BCUT2D eigenvalue weighted by Crippen LogP contribution is 2.37. The highest BCUT2D eigenvalue weighted by Gasteiger charge is 2.19. The molecule has 140 valence electrons. The van der Waals surface area contributed by atoms with Gasteiger partial charge in [-0.1, -0.05) is 12.1 Å². The van der Waals surface area contributed by atoms with Crippen LogP contribution in [0.5, 0.6) is 5.75 Å². The third-order valence-electron chi connectivity index (χ3n) is 4.47. The van der Waals surface area contributed by atoms with Crippen molar-refractivity contribution in [3.63, 3.8) is 0 Å². The lowest BCUT2D eigenvalue weighted by molar-refractivity contribution is 0.414. The Morgan fingerprint density at radius 1 is 0.929 bits per heavy atom. The van der Waals surface area contributed by atoms with Crippen molar-refractivity contribution in [2.24, 2.45) is 0 Å². The summed E-state index contributed by atoms with van der Waals surface area (Å²) >= 11 is 3.72. The van der Waals surface area contributed by atoms with Crippen molar-refractivity contribution in [2.75, 3.05) is 7.11 Å². The van der Waals surface area contributed by atoms with E-state index >= 15 is 0 Å². The van der Waals surface area contributed by atoms with Crippen LogP contribution in [0.2, 0.25) is 0 Å². The number of ether oxygens (including phenoxy) is 1. The fraction of sp³-hybridized carbons (Fsp3) is 0.0909. The first-order chi connectivity index (χ1) is 13.7. The second-order valence-electron chi connectivity index (χ2n) is 6.26. The number of nitrogens with zero attached hydrogens (tertiary/aromatic N) is 3. The highest BCUT2D eigenvalue weighted by molar-refractivity contribution is 9.10. The topological polar surface area (TPSA) is 39.9 Å². The van der Waals surface area contributed by atoms with Crippen LogP contribution in [0, 0.1) is 5.82 Å². The summed E-state index contributed by atoms with van der Waals surface area (Å²) in [5, 5.41) is 4.82. The summed E-state index contributed by atoms with van der Waals surface area (Å²) in [5.41, 5.74) is 4.66. The van der Waals surface area contributed by atoms with E-state index in [1.54, 1.807) is 31.6 Å². The van der Waals surface area contributed by atoms with Gasteiger partial charge in [-0.25, -0.2) is 4.39 Å². The van der Waals surface area contributed by atoms with Gasteiger partial charge in [-0.15, -0.1) is 0 Å². The SMILES string of the molecule is COc1ccc(Cn2nc(-c3ccc(F)cc3)c(-c3ccncc3)c2Br)cc1.